The van der Waals surface area contributed by atoms with E-state index < -0.39 is 17.0 Å². The Bertz CT molecular complexity index is 995. The minimum Gasteiger partial charge on any atom is -0.378 e. The van der Waals surface area contributed by atoms with E-state index in [0.717, 1.165) is 29.8 Å². The largest absolute Gasteiger partial charge is 0.378 e. The first-order chi connectivity index (χ1) is 14.8. The molecule has 9 heteroatoms. The van der Waals surface area contributed by atoms with Crippen molar-refractivity contribution in [1.82, 2.24) is 25.6 Å². The summed E-state index contributed by atoms with van der Waals surface area (Å²) in [7, 11) is 3.36. The molecule has 0 aromatic carbocycles. The van der Waals surface area contributed by atoms with Gasteiger partial charge in [-0.05, 0) is 42.5 Å². The molecule has 0 saturated carbocycles. The number of likely N-dealkylation sites (N-methyl/N-ethyl adjacent to an activating group) is 1. The normalized spacial score (nSPS) is 26.3. The minimum atomic E-state index is -1.29. The van der Waals surface area contributed by atoms with Crippen molar-refractivity contribution in [2.24, 2.45) is 5.73 Å². The van der Waals surface area contributed by atoms with Crippen LogP contribution in [0.2, 0.25) is 0 Å². The number of pyridine rings is 1. The first-order valence-electron chi connectivity index (χ1n) is 10.5. The van der Waals surface area contributed by atoms with E-state index in [1.165, 1.54) is 5.56 Å². The van der Waals surface area contributed by atoms with E-state index in [1.807, 2.05) is 12.3 Å². The molecule has 1 fully saturated rings. The molecule has 2 aliphatic rings. The number of primary amides is 1. The summed E-state index contributed by atoms with van der Waals surface area (Å²) in [5.74, 6) is -0.190. The molecule has 1 saturated heterocycles. The second kappa shape index (κ2) is 8.07. The van der Waals surface area contributed by atoms with Gasteiger partial charge in [0.2, 0.25) is 5.91 Å². The number of aromatic nitrogens is 3. The molecule has 31 heavy (non-hydrogen) atoms. The molecule has 0 aliphatic carbocycles. The number of H-pyrrole nitrogens is 1. The van der Waals surface area contributed by atoms with Crippen LogP contribution in [-0.4, -0.2) is 53.5 Å². The molecular weight excluding hydrogens is 396 g/mol. The summed E-state index contributed by atoms with van der Waals surface area (Å²) in [6.45, 7) is 5.21. The lowest BCUT2D eigenvalue weighted by atomic mass is 9.80. The third-order valence-corrected chi connectivity index (χ3v) is 6.22. The van der Waals surface area contributed by atoms with Crippen molar-refractivity contribution in [3.8, 4) is 0 Å². The number of nitrogens with zero attached hydrogens (tertiary/aromatic N) is 3. The van der Waals surface area contributed by atoms with Gasteiger partial charge >= 0.3 is 0 Å². The average Bonchev–Trinajstić information content (AvgIpc) is 3.47. The number of rotatable bonds is 7. The number of hydrogen-bond acceptors (Lipinski definition) is 7. The van der Waals surface area contributed by atoms with Crippen LogP contribution in [0.25, 0.3) is 0 Å². The van der Waals surface area contributed by atoms with Gasteiger partial charge in [0.1, 0.15) is 11.3 Å². The smallest absolute Gasteiger partial charge is 0.250 e. The quantitative estimate of drug-likeness (QED) is 0.616. The fourth-order valence-corrected chi connectivity index (χ4v) is 4.60. The van der Waals surface area contributed by atoms with E-state index in [9.17, 15) is 4.79 Å². The van der Waals surface area contributed by atoms with Gasteiger partial charge in [-0.2, -0.15) is 5.10 Å². The second-order valence-electron chi connectivity index (χ2n) is 8.46. The fraction of sp³-hybridized carbons (Fsp3) is 0.500. The SMILES string of the molecule is COCC1=CC(C(N)=O)(c2n[nH]cc2C2(c3cc(C(C)C)ccn3)CCCO2)N(C)N1. The highest BCUT2D eigenvalue weighted by Gasteiger charge is 2.53. The number of ether oxygens (including phenoxy) is 2. The number of methoxy groups -OCH3 is 1. The molecule has 4 N–H and O–H groups in total. The maximum absolute atomic E-state index is 12.9. The van der Waals surface area contributed by atoms with Gasteiger partial charge in [-0.15, -0.1) is 0 Å². The van der Waals surface area contributed by atoms with Gasteiger partial charge in [0.15, 0.2) is 5.54 Å². The number of nitrogens with two attached hydrogens (primary N) is 1. The number of nitrogens with one attached hydrogen (secondary N) is 2. The van der Waals surface area contributed by atoms with Gasteiger partial charge in [-0.3, -0.25) is 14.9 Å². The molecule has 2 aromatic heterocycles. The van der Waals surface area contributed by atoms with Crippen molar-refractivity contribution < 1.29 is 14.3 Å². The molecule has 0 bridgehead atoms. The molecule has 9 nitrogen and oxygen atoms in total. The van der Waals surface area contributed by atoms with Crippen LogP contribution < -0.4 is 11.2 Å². The molecule has 2 atom stereocenters. The van der Waals surface area contributed by atoms with Crippen molar-refractivity contribution in [3.63, 3.8) is 0 Å². The number of hydrogen-bond donors (Lipinski definition) is 3. The summed E-state index contributed by atoms with van der Waals surface area (Å²) >= 11 is 0. The third-order valence-electron chi connectivity index (χ3n) is 6.22. The molecule has 4 rings (SSSR count). The number of hydrazine groups is 1. The summed E-state index contributed by atoms with van der Waals surface area (Å²) in [4.78, 5) is 17.6. The van der Waals surface area contributed by atoms with Crippen molar-refractivity contribution in [3.05, 3.63) is 58.8 Å². The van der Waals surface area contributed by atoms with E-state index in [2.05, 4.69) is 40.5 Å². The van der Waals surface area contributed by atoms with E-state index >= 15 is 0 Å². The summed E-state index contributed by atoms with van der Waals surface area (Å²) in [5, 5.41) is 9.13. The zero-order chi connectivity index (χ0) is 22.2. The lowest BCUT2D eigenvalue weighted by Gasteiger charge is -2.35. The van der Waals surface area contributed by atoms with Crippen molar-refractivity contribution in [2.45, 2.75) is 43.7 Å². The Morgan fingerprint density at radius 3 is 2.90 bits per heavy atom. The Balaban J connectivity index is 1.89. The Hall–Kier alpha value is -2.75. The fourth-order valence-electron chi connectivity index (χ4n) is 4.60. The molecule has 0 radical (unpaired) electrons. The minimum absolute atomic E-state index is 0.318. The maximum atomic E-state index is 12.9. The van der Waals surface area contributed by atoms with E-state index in [4.69, 9.17) is 15.2 Å². The van der Waals surface area contributed by atoms with Crippen LogP contribution in [0.15, 0.2) is 36.3 Å². The highest BCUT2D eigenvalue weighted by Crippen LogP contribution is 2.46. The highest BCUT2D eigenvalue weighted by molar-refractivity contribution is 5.89. The molecule has 1 amide bonds. The third kappa shape index (κ3) is 3.33. The molecular formula is C22H30N6O3. The predicted octanol–water partition coefficient (Wildman–Crippen LogP) is 1.64. The molecule has 0 spiro atoms. The number of carbonyl (C=O) groups is 1. The first-order valence-corrected chi connectivity index (χ1v) is 10.5. The standard InChI is InChI=1S/C22H30N6O3/c1-14(2)15-6-8-24-18(10-15)22(7-5-9-31-22)17-12-25-26-19(17)21(20(23)29)11-16(13-30-4)27-28(21)3/h6,8,10-12,14,27H,5,7,9,13H2,1-4H3,(H2,23,29)(H,25,26). The van der Waals surface area contributed by atoms with Crippen LogP contribution in [0.4, 0.5) is 0 Å². The van der Waals surface area contributed by atoms with Gasteiger partial charge in [-0.1, -0.05) is 13.8 Å². The van der Waals surface area contributed by atoms with Crippen LogP contribution in [0.3, 0.4) is 0 Å². The van der Waals surface area contributed by atoms with Crippen LogP contribution in [0.5, 0.6) is 0 Å². The molecule has 166 valence electrons. The number of carbonyl (C=O) groups excluding carboxylic acids is 1. The van der Waals surface area contributed by atoms with Crippen LogP contribution in [0.1, 0.15) is 55.1 Å². The van der Waals surface area contributed by atoms with Crippen LogP contribution >= 0.6 is 0 Å². The van der Waals surface area contributed by atoms with Gasteiger partial charge in [0.25, 0.3) is 0 Å². The van der Waals surface area contributed by atoms with E-state index in [0.29, 0.717) is 24.8 Å². The first kappa shape index (κ1) is 21.5. The Morgan fingerprint density at radius 1 is 1.45 bits per heavy atom. The number of amides is 1. The summed E-state index contributed by atoms with van der Waals surface area (Å²) in [6, 6.07) is 4.11. The van der Waals surface area contributed by atoms with E-state index in [-0.39, 0.29) is 0 Å². The Kier molecular flexibility index (Phi) is 5.59. The summed E-state index contributed by atoms with van der Waals surface area (Å²) in [5.41, 5.74) is 11.0. The highest BCUT2D eigenvalue weighted by atomic mass is 16.5. The second-order valence-corrected chi connectivity index (χ2v) is 8.46. The van der Waals surface area contributed by atoms with Crippen molar-refractivity contribution in [1.29, 1.82) is 0 Å². The summed E-state index contributed by atoms with van der Waals surface area (Å²) in [6.07, 6.45) is 7.00. The van der Waals surface area contributed by atoms with Crippen molar-refractivity contribution in [2.75, 3.05) is 27.4 Å². The Labute approximate surface area is 182 Å². The average molecular weight is 427 g/mol. The summed E-state index contributed by atoms with van der Waals surface area (Å²) < 4.78 is 11.6. The lowest BCUT2D eigenvalue weighted by Crippen LogP contribution is -2.54. The zero-order valence-corrected chi connectivity index (χ0v) is 18.4. The van der Waals surface area contributed by atoms with Gasteiger partial charge in [-0.25, -0.2) is 5.01 Å². The monoisotopic (exact) mass is 426 g/mol. The van der Waals surface area contributed by atoms with Gasteiger partial charge in [0, 0.05) is 38.7 Å². The maximum Gasteiger partial charge on any atom is 0.250 e. The molecule has 2 aliphatic heterocycles. The Morgan fingerprint density at radius 2 is 2.26 bits per heavy atom. The van der Waals surface area contributed by atoms with Crippen LogP contribution in [-0.2, 0) is 25.4 Å². The molecule has 2 aromatic rings. The van der Waals surface area contributed by atoms with Crippen LogP contribution in [0, 0.1) is 0 Å². The van der Waals surface area contributed by atoms with Crippen molar-refractivity contribution >= 4 is 5.91 Å². The zero-order valence-electron chi connectivity index (χ0n) is 18.4. The van der Waals surface area contributed by atoms with Gasteiger partial charge in [0.05, 0.1) is 18.0 Å². The number of aromatic amines is 1. The molecule has 2 unspecified atom stereocenters. The lowest BCUT2D eigenvalue weighted by molar-refractivity contribution is -0.127. The topological polar surface area (TPSA) is 118 Å². The van der Waals surface area contributed by atoms with E-state index in [1.54, 1.807) is 31.4 Å². The molecule has 4 heterocycles. The predicted molar refractivity (Wildman–Crippen MR) is 115 cm³/mol. The van der Waals surface area contributed by atoms with Gasteiger partial charge < -0.3 is 20.6 Å².